The quantitative estimate of drug-likeness (QED) is 0.470. The monoisotopic (exact) mass is 299 g/mol. The summed E-state index contributed by atoms with van der Waals surface area (Å²) < 4.78 is 27.5. The Morgan fingerprint density at radius 3 is 2.50 bits per heavy atom. The molecule has 0 N–H and O–H groups in total. The lowest BCUT2D eigenvalue weighted by Crippen LogP contribution is -2.15. The fourth-order valence-electron chi connectivity index (χ4n) is 2.00. The summed E-state index contributed by atoms with van der Waals surface area (Å²) in [6.45, 7) is 0.0506. The maximum absolute atomic E-state index is 11.7. The van der Waals surface area contributed by atoms with Crippen LogP contribution < -0.4 is 0 Å². The van der Waals surface area contributed by atoms with Crippen molar-refractivity contribution in [1.82, 2.24) is 0 Å². The van der Waals surface area contributed by atoms with E-state index in [-0.39, 0.29) is 35.3 Å². The molecule has 1 fully saturated rings. The second-order valence-corrected chi connectivity index (χ2v) is 6.90. The summed E-state index contributed by atoms with van der Waals surface area (Å²) in [6.07, 6.45) is 0.496. The maximum atomic E-state index is 11.7. The first-order valence-electron chi connectivity index (χ1n) is 5.99. The van der Waals surface area contributed by atoms with Crippen LogP contribution in [0.5, 0.6) is 0 Å². The Morgan fingerprint density at radius 2 is 2.00 bits per heavy atom. The Kier molecular flexibility index (Phi) is 4.03. The van der Waals surface area contributed by atoms with E-state index in [0.717, 1.165) is 0 Å². The number of esters is 1. The Labute approximate surface area is 115 Å². The van der Waals surface area contributed by atoms with Crippen LogP contribution in [-0.4, -0.2) is 37.4 Å². The Bertz CT molecular complexity index is 622. The van der Waals surface area contributed by atoms with Gasteiger partial charge >= 0.3 is 5.97 Å². The van der Waals surface area contributed by atoms with Crippen LogP contribution in [0, 0.1) is 16.0 Å². The number of nitrogens with zero attached hydrogens (tertiary/aromatic N) is 1. The van der Waals surface area contributed by atoms with Crippen molar-refractivity contribution in [2.45, 2.75) is 6.42 Å². The summed E-state index contributed by atoms with van der Waals surface area (Å²) >= 11 is 0. The third-order valence-electron chi connectivity index (χ3n) is 3.09. The van der Waals surface area contributed by atoms with E-state index < -0.39 is 20.7 Å². The largest absolute Gasteiger partial charge is 0.462 e. The first-order valence-corrected chi connectivity index (χ1v) is 7.81. The second-order valence-electron chi connectivity index (χ2n) is 4.67. The van der Waals surface area contributed by atoms with Gasteiger partial charge in [-0.15, -0.1) is 0 Å². The number of non-ortho nitro benzene ring substituents is 1. The fraction of sp³-hybridized carbons (Fsp3) is 0.417. The number of ether oxygens (including phenoxy) is 1. The Morgan fingerprint density at radius 1 is 1.35 bits per heavy atom. The number of hydrogen-bond acceptors (Lipinski definition) is 6. The van der Waals surface area contributed by atoms with Crippen LogP contribution in [-0.2, 0) is 14.6 Å². The normalized spacial score (nSPS) is 20.5. The zero-order chi connectivity index (χ0) is 14.8. The van der Waals surface area contributed by atoms with Gasteiger partial charge in [-0.2, -0.15) is 0 Å². The molecule has 1 aliphatic heterocycles. The van der Waals surface area contributed by atoms with Crippen molar-refractivity contribution < 1.29 is 22.9 Å². The van der Waals surface area contributed by atoms with Gasteiger partial charge in [-0.3, -0.25) is 10.1 Å². The number of nitro groups is 1. The molecule has 0 spiro atoms. The van der Waals surface area contributed by atoms with Crippen molar-refractivity contribution in [1.29, 1.82) is 0 Å². The van der Waals surface area contributed by atoms with Crippen molar-refractivity contribution >= 4 is 21.5 Å². The number of carbonyl (C=O) groups excluding carboxylic acids is 1. The van der Waals surface area contributed by atoms with Crippen molar-refractivity contribution in [2.75, 3.05) is 18.1 Å². The predicted octanol–water partition coefficient (Wildman–Crippen LogP) is 1.19. The minimum atomic E-state index is -2.99. The number of nitro benzene ring substituents is 1. The van der Waals surface area contributed by atoms with E-state index in [4.69, 9.17) is 4.74 Å². The maximum Gasteiger partial charge on any atom is 0.338 e. The predicted molar refractivity (Wildman–Crippen MR) is 70.1 cm³/mol. The summed E-state index contributed by atoms with van der Waals surface area (Å²) in [5, 5.41) is 10.5. The molecule has 1 saturated heterocycles. The SMILES string of the molecule is O=C(OC[C@@H]1CCS(=O)(=O)C1)c1ccc([N+](=O)[O-])cc1. The molecule has 0 amide bonds. The molecule has 0 aliphatic carbocycles. The van der Waals surface area contributed by atoms with Gasteiger partial charge in [0, 0.05) is 18.1 Å². The van der Waals surface area contributed by atoms with E-state index in [0.29, 0.717) is 6.42 Å². The molecule has 108 valence electrons. The molecule has 0 radical (unpaired) electrons. The van der Waals surface area contributed by atoms with Gasteiger partial charge in [-0.1, -0.05) is 0 Å². The average Bonchev–Trinajstić information content (AvgIpc) is 2.75. The molecule has 1 aromatic rings. The smallest absolute Gasteiger partial charge is 0.338 e. The van der Waals surface area contributed by atoms with Crippen LogP contribution in [0.4, 0.5) is 5.69 Å². The highest BCUT2D eigenvalue weighted by molar-refractivity contribution is 7.91. The van der Waals surface area contributed by atoms with Crippen molar-refractivity contribution in [3.63, 3.8) is 0 Å². The molecule has 1 aliphatic rings. The molecule has 1 aromatic carbocycles. The summed E-state index contributed by atoms with van der Waals surface area (Å²) in [6, 6.07) is 5.06. The topological polar surface area (TPSA) is 104 Å². The highest BCUT2D eigenvalue weighted by Gasteiger charge is 2.28. The zero-order valence-corrected chi connectivity index (χ0v) is 11.3. The molecule has 2 rings (SSSR count). The number of rotatable bonds is 4. The van der Waals surface area contributed by atoms with E-state index in [2.05, 4.69) is 0 Å². The van der Waals surface area contributed by atoms with E-state index in [1.807, 2.05) is 0 Å². The number of carbonyl (C=O) groups is 1. The molecule has 8 heteroatoms. The summed E-state index contributed by atoms with van der Waals surface area (Å²) in [5.74, 6) is -0.598. The lowest BCUT2D eigenvalue weighted by Gasteiger charge is -2.08. The van der Waals surface area contributed by atoms with Gasteiger partial charge in [0.05, 0.1) is 28.6 Å². The van der Waals surface area contributed by atoms with Gasteiger partial charge in [0.2, 0.25) is 0 Å². The first kappa shape index (κ1) is 14.4. The Hall–Kier alpha value is -1.96. The van der Waals surface area contributed by atoms with E-state index in [9.17, 15) is 23.3 Å². The van der Waals surface area contributed by atoms with Crippen LogP contribution in [0.15, 0.2) is 24.3 Å². The third-order valence-corrected chi connectivity index (χ3v) is 4.93. The lowest BCUT2D eigenvalue weighted by atomic mass is 10.1. The molecular formula is C12H13NO6S. The minimum absolute atomic E-state index is 0.0422. The van der Waals surface area contributed by atoms with Crippen molar-refractivity contribution in [3.8, 4) is 0 Å². The first-order chi connectivity index (χ1) is 9.37. The summed E-state index contributed by atoms with van der Waals surface area (Å²) in [4.78, 5) is 21.6. The van der Waals surface area contributed by atoms with Crippen molar-refractivity contribution in [2.24, 2.45) is 5.92 Å². The second kappa shape index (κ2) is 5.58. The minimum Gasteiger partial charge on any atom is -0.462 e. The molecule has 0 aromatic heterocycles. The lowest BCUT2D eigenvalue weighted by molar-refractivity contribution is -0.384. The molecule has 20 heavy (non-hydrogen) atoms. The summed E-state index contributed by atoms with van der Waals surface area (Å²) in [7, 11) is -2.99. The Balaban J connectivity index is 1.90. The summed E-state index contributed by atoms with van der Waals surface area (Å²) in [5.41, 5.74) is 0.0971. The van der Waals surface area contributed by atoms with Crippen LogP contribution in [0.1, 0.15) is 16.8 Å². The highest BCUT2D eigenvalue weighted by Crippen LogP contribution is 2.19. The third kappa shape index (κ3) is 3.53. The highest BCUT2D eigenvalue weighted by atomic mass is 32.2. The van der Waals surface area contributed by atoms with Gasteiger partial charge in [0.1, 0.15) is 0 Å². The standard InChI is InChI=1S/C12H13NO6S/c14-12(10-1-3-11(4-2-10)13(15)16)19-7-9-5-6-20(17,18)8-9/h1-4,9H,5-8H2/t9-/m0/s1. The molecule has 7 nitrogen and oxygen atoms in total. The molecule has 0 bridgehead atoms. The van der Waals surface area contributed by atoms with E-state index >= 15 is 0 Å². The number of benzene rings is 1. The van der Waals surface area contributed by atoms with Crippen LogP contribution in [0.25, 0.3) is 0 Å². The van der Waals surface area contributed by atoms with Crippen molar-refractivity contribution in [3.05, 3.63) is 39.9 Å². The van der Waals surface area contributed by atoms with Gasteiger partial charge in [-0.05, 0) is 18.6 Å². The van der Waals surface area contributed by atoms with Gasteiger partial charge in [0.25, 0.3) is 5.69 Å². The molecule has 0 unspecified atom stereocenters. The van der Waals surface area contributed by atoms with Crippen LogP contribution in [0.3, 0.4) is 0 Å². The van der Waals surface area contributed by atoms with Gasteiger partial charge in [-0.25, -0.2) is 13.2 Å². The van der Waals surface area contributed by atoms with E-state index in [1.165, 1.54) is 24.3 Å². The molecular weight excluding hydrogens is 286 g/mol. The van der Waals surface area contributed by atoms with Gasteiger partial charge < -0.3 is 4.74 Å². The molecule has 0 saturated carbocycles. The van der Waals surface area contributed by atoms with Crippen LogP contribution in [0.2, 0.25) is 0 Å². The number of hydrogen-bond donors (Lipinski definition) is 0. The van der Waals surface area contributed by atoms with Gasteiger partial charge in [0.15, 0.2) is 9.84 Å². The van der Waals surface area contributed by atoms with Crippen LogP contribution >= 0.6 is 0 Å². The number of sulfone groups is 1. The average molecular weight is 299 g/mol. The van der Waals surface area contributed by atoms with E-state index in [1.54, 1.807) is 0 Å². The fourth-order valence-corrected chi connectivity index (χ4v) is 3.84. The molecule has 1 atom stereocenters. The molecule has 1 heterocycles. The zero-order valence-electron chi connectivity index (χ0n) is 10.5.